The summed E-state index contributed by atoms with van der Waals surface area (Å²) in [5.41, 5.74) is 3.47. The first-order valence-electron chi connectivity index (χ1n) is 13.5. The molecule has 1 saturated heterocycles. The van der Waals surface area contributed by atoms with Gasteiger partial charge in [0.25, 0.3) is 0 Å². The standard InChI is InChI=1S/C23H26FN5O2.C7H7BrN2O/c1-13-5-14(2)28(11-13)21(31)12-29-23-18(8-24)6-17(19-9-25-16(4)26-10-19)7-20(23)22(27-29)15(3)30;1-5-2-3-6(8)10-7(5)9-4-11/h6-7,9-10,13-14H,5,8,11-12H2,1-4H3;2-4H,1H3,(H,9,10,11). The highest BCUT2D eigenvalue weighted by Crippen LogP contribution is 2.31. The van der Waals surface area contributed by atoms with Gasteiger partial charge in [0.2, 0.25) is 12.3 Å². The number of fused-ring (bicyclic) bond motifs is 1. The second-order valence-electron chi connectivity index (χ2n) is 10.5. The quantitative estimate of drug-likeness (QED) is 0.162. The molecule has 0 spiro atoms. The van der Waals surface area contributed by atoms with Crippen molar-refractivity contribution in [1.29, 1.82) is 0 Å². The number of amides is 2. The van der Waals surface area contributed by atoms with Gasteiger partial charge in [-0.25, -0.2) is 19.3 Å². The van der Waals surface area contributed by atoms with E-state index in [-0.39, 0.29) is 30.0 Å². The summed E-state index contributed by atoms with van der Waals surface area (Å²) in [5.74, 6) is 1.37. The van der Waals surface area contributed by atoms with Crippen LogP contribution in [0.2, 0.25) is 0 Å². The Morgan fingerprint density at radius 2 is 1.86 bits per heavy atom. The van der Waals surface area contributed by atoms with E-state index in [4.69, 9.17) is 0 Å². The number of nitrogens with one attached hydrogen (secondary N) is 1. The van der Waals surface area contributed by atoms with Crippen molar-refractivity contribution in [3.05, 3.63) is 63.9 Å². The van der Waals surface area contributed by atoms with Gasteiger partial charge in [0.15, 0.2) is 5.78 Å². The Morgan fingerprint density at radius 3 is 2.45 bits per heavy atom. The molecular weight excluding hydrogens is 605 g/mol. The summed E-state index contributed by atoms with van der Waals surface area (Å²) in [5, 5.41) is 7.45. The monoisotopic (exact) mass is 637 g/mol. The third-order valence-electron chi connectivity index (χ3n) is 7.16. The van der Waals surface area contributed by atoms with Gasteiger partial charge in [0.1, 0.15) is 35.2 Å². The highest BCUT2D eigenvalue weighted by molar-refractivity contribution is 9.10. The van der Waals surface area contributed by atoms with Crippen LogP contribution in [-0.4, -0.2) is 60.3 Å². The maximum absolute atomic E-state index is 14.1. The van der Waals surface area contributed by atoms with E-state index in [9.17, 15) is 18.8 Å². The number of carbonyl (C=O) groups excluding carboxylic acids is 3. The fraction of sp³-hybridized carbons (Fsp3) is 0.367. The molecule has 2 unspecified atom stereocenters. The van der Waals surface area contributed by atoms with Crippen LogP contribution in [0.15, 0.2) is 41.3 Å². The van der Waals surface area contributed by atoms with Gasteiger partial charge in [-0.1, -0.05) is 13.0 Å². The van der Waals surface area contributed by atoms with Gasteiger partial charge in [-0.05, 0) is 78.4 Å². The number of pyridine rings is 1. The molecule has 220 valence electrons. The molecule has 2 atom stereocenters. The molecule has 42 heavy (non-hydrogen) atoms. The first kappa shape index (κ1) is 30.9. The van der Waals surface area contributed by atoms with Gasteiger partial charge in [0, 0.05) is 48.4 Å². The zero-order valence-electron chi connectivity index (χ0n) is 24.2. The number of likely N-dealkylation sites (tertiary alicyclic amines) is 1. The summed E-state index contributed by atoms with van der Waals surface area (Å²) in [7, 11) is 0. The maximum atomic E-state index is 14.1. The minimum absolute atomic E-state index is 0.0270. The predicted octanol–water partition coefficient (Wildman–Crippen LogP) is 5.45. The highest BCUT2D eigenvalue weighted by atomic mass is 79.9. The first-order chi connectivity index (χ1) is 20.0. The van der Waals surface area contributed by atoms with E-state index in [0.717, 1.165) is 17.5 Å². The van der Waals surface area contributed by atoms with Gasteiger partial charge in [-0.2, -0.15) is 5.10 Å². The molecule has 1 fully saturated rings. The molecule has 12 heteroatoms. The van der Waals surface area contributed by atoms with Crippen molar-refractivity contribution in [2.24, 2.45) is 5.92 Å². The Hall–Kier alpha value is -4.06. The third kappa shape index (κ3) is 6.87. The summed E-state index contributed by atoms with van der Waals surface area (Å²) in [4.78, 5) is 49.7. The number of hydrogen-bond acceptors (Lipinski definition) is 7. The Morgan fingerprint density at radius 1 is 1.14 bits per heavy atom. The van der Waals surface area contributed by atoms with E-state index in [2.05, 4.69) is 48.2 Å². The second-order valence-corrected chi connectivity index (χ2v) is 11.4. The molecule has 4 aromatic rings. The molecule has 0 saturated carbocycles. The minimum atomic E-state index is -0.745. The number of anilines is 1. The van der Waals surface area contributed by atoms with E-state index in [0.29, 0.717) is 57.1 Å². The first-order valence-corrected chi connectivity index (χ1v) is 14.3. The topological polar surface area (TPSA) is 123 Å². The largest absolute Gasteiger partial charge is 0.338 e. The zero-order valence-corrected chi connectivity index (χ0v) is 25.8. The summed E-state index contributed by atoms with van der Waals surface area (Å²) in [6, 6.07) is 7.37. The van der Waals surface area contributed by atoms with Gasteiger partial charge >= 0.3 is 0 Å². The van der Waals surface area contributed by atoms with Gasteiger partial charge in [-0.3, -0.25) is 19.1 Å². The molecule has 2 amide bonds. The lowest BCUT2D eigenvalue weighted by Crippen LogP contribution is -2.36. The molecule has 0 bridgehead atoms. The summed E-state index contributed by atoms with van der Waals surface area (Å²) in [6.07, 6.45) is 4.91. The molecule has 1 aliphatic heterocycles. The summed E-state index contributed by atoms with van der Waals surface area (Å²) >= 11 is 3.20. The smallest absolute Gasteiger partial charge is 0.244 e. The lowest BCUT2D eigenvalue weighted by molar-refractivity contribution is -0.132. The number of halogens is 2. The van der Waals surface area contributed by atoms with Crippen LogP contribution >= 0.6 is 15.9 Å². The van der Waals surface area contributed by atoms with Gasteiger partial charge < -0.3 is 10.2 Å². The lowest BCUT2D eigenvalue weighted by Gasteiger charge is -2.21. The average molecular weight is 639 g/mol. The zero-order chi connectivity index (χ0) is 30.6. The second kappa shape index (κ2) is 13.3. The molecule has 1 N–H and O–H groups in total. The van der Waals surface area contributed by atoms with Crippen LogP contribution in [0, 0.1) is 19.8 Å². The molecule has 0 radical (unpaired) electrons. The van der Waals surface area contributed by atoms with Crippen molar-refractivity contribution < 1.29 is 18.8 Å². The van der Waals surface area contributed by atoms with Crippen LogP contribution < -0.4 is 5.32 Å². The van der Waals surface area contributed by atoms with Crippen LogP contribution in [0.4, 0.5) is 10.2 Å². The van der Waals surface area contributed by atoms with Crippen LogP contribution in [0.3, 0.4) is 0 Å². The predicted molar refractivity (Wildman–Crippen MR) is 162 cm³/mol. The van der Waals surface area contributed by atoms with Crippen LogP contribution in [0.1, 0.15) is 54.6 Å². The Labute approximate surface area is 251 Å². The number of ketones is 1. The van der Waals surface area contributed by atoms with Gasteiger partial charge in [-0.15, -0.1) is 0 Å². The van der Waals surface area contributed by atoms with E-state index >= 15 is 0 Å². The fourth-order valence-electron chi connectivity index (χ4n) is 5.16. The van der Waals surface area contributed by atoms with Crippen molar-refractivity contribution in [3.8, 4) is 11.1 Å². The van der Waals surface area contributed by atoms with E-state index in [1.165, 1.54) is 11.6 Å². The fourth-order valence-corrected chi connectivity index (χ4v) is 5.47. The molecule has 10 nitrogen and oxygen atoms in total. The Kier molecular flexibility index (Phi) is 9.77. The number of benzene rings is 1. The number of aromatic nitrogens is 5. The normalized spacial score (nSPS) is 16.2. The number of hydrogen-bond donors (Lipinski definition) is 1. The van der Waals surface area contributed by atoms with Crippen molar-refractivity contribution >= 4 is 50.8 Å². The van der Waals surface area contributed by atoms with Crippen molar-refractivity contribution in [3.63, 3.8) is 0 Å². The van der Waals surface area contributed by atoms with E-state index < -0.39 is 6.67 Å². The molecule has 5 rings (SSSR count). The number of rotatable bonds is 7. The van der Waals surface area contributed by atoms with Gasteiger partial charge in [0.05, 0.1) is 5.52 Å². The summed E-state index contributed by atoms with van der Waals surface area (Å²) < 4.78 is 16.3. The minimum Gasteiger partial charge on any atom is -0.338 e. The molecule has 1 aliphatic rings. The van der Waals surface area contributed by atoms with Crippen LogP contribution in [-0.2, 0) is 22.8 Å². The lowest BCUT2D eigenvalue weighted by atomic mass is 10.0. The molecule has 0 aliphatic carbocycles. The van der Waals surface area contributed by atoms with E-state index in [1.807, 2.05) is 30.9 Å². The molecule has 1 aromatic carbocycles. The molecule has 3 aromatic heterocycles. The maximum Gasteiger partial charge on any atom is 0.244 e. The number of alkyl halides is 1. The number of Topliss-reactive ketones (excluding diaryl/α,β-unsaturated/α-hetero) is 1. The average Bonchev–Trinajstić information content (AvgIpc) is 3.50. The highest BCUT2D eigenvalue weighted by Gasteiger charge is 2.31. The van der Waals surface area contributed by atoms with Crippen molar-refractivity contribution in [2.75, 3.05) is 11.9 Å². The summed E-state index contributed by atoms with van der Waals surface area (Å²) in [6.45, 7) is 9.18. The van der Waals surface area contributed by atoms with E-state index in [1.54, 1.807) is 31.5 Å². The number of carbonyl (C=O) groups is 3. The number of aryl methyl sites for hydroxylation is 2. The third-order valence-corrected chi connectivity index (χ3v) is 7.60. The van der Waals surface area contributed by atoms with Crippen molar-refractivity contribution in [1.82, 2.24) is 29.6 Å². The van der Waals surface area contributed by atoms with Crippen LogP contribution in [0.25, 0.3) is 22.0 Å². The molecular formula is C30H33BrFN7O3. The molecule has 4 heterocycles. The van der Waals surface area contributed by atoms with Crippen molar-refractivity contribution in [2.45, 2.75) is 60.3 Å². The SMILES string of the molecule is CC(=O)c1nn(CC(=O)N2CC(C)CC2C)c2c(CF)cc(-c3cnc(C)nc3)cc12.Cc1ccc(Br)nc1NC=O. The number of nitrogens with zero attached hydrogens (tertiary/aromatic N) is 6. The Bertz CT molecular complexity index is 1620. The van der Waals surface area contributed by atoms with Crippen LogP contribution in [0.5, 0.6) is 0 Å². The Balaban J connectivity index is 0.000000310.